The summed E-state index contributed by atoms with van der Waals surface area (Å²) in [6, 6.07) is 4.27. The number of ether oxygens (including phenoxy) is 1. The largest absolute Gasteiger partial charge is 0.416 e. The Kier molecular flexibility index (Phi) is 9.69. The Bertz CT molecular complexity index is 607. The van der Waals surface area contributed by atoms with E-state index in [0.717, 1.165) is 24.1 Å². The second-order valence-corrected chi connectivity index (χ2v) is 6.94. The molecule has 0 saturated carbocycles. The molecule has 1 aliphatic rings. The summed E-state index contributed by atoms with van der Waals surface area (Å²) in [6.45, 7) is 6.58. The van der Waals surface area contributed by atoms with Gasteiger partial charge in [0.15, 0.2) is 0 Å². The lowest BCUT2D eigenvalue weighted by atomic mass is 9.98. The minimum absolute atomic E-state index is 0. The number of hydrogen-bond donors (Lipinski definition) is 2. The molecule has 1 saturated heterocycles. The summed E-state index contributed by atoms with van der Waals surface area (Å²) < 4.78 is 43.8. The fourth-order valence-corrected chi connectivity index (χ4v) is 3.07. The lowest BCUT2D eigenvalue weighted by Gasteiger charge is -2.35. The van der Waals surface area contributed by atoms with Crippen molar-refractivity contribution in [2.24, 2.45) is 11.7 Å². The van der Waals surface area contributed by atoms with Crippen molar-refractivity contribution >= 4 is 18.3 Å². The Morgan fingerprint density at radius 3 is 2.32 bits per heavy atom. The van der Waals surface area contributed by atoms with Crippen molar-refractivity contribution in [1.82, 2.24) is 10.2 Å². The van der Waals surface area contributed by atoms with E-state index in [0.29, 0.717) is 26.3 Å². The molecule has 9 heteroatoms. The number of hydrogen-bond acceptors (Lipinski definition) is 4. The van der Waals surface area contributed by atoms with Crippen molar-refractivity contribution in [2.45, 2.75) is 38.5 Å². The summed E-state index contributed by atoms with van der Waals surface area (Å²) in [6.07, 6.45) is -3.58. The van der Waals surface area contributed by atoms with E-state index < -0.39 is 17.8 Å². The van der Waals surface area contributed by atoms with E-state index in [2.05, 4.69) is 10.2 Å². The Balaban J connectivity index is 0.00000392. The fourth-order valence-electron chi connectivity index (χ4n) is 3.07. The van der Waals surface area contributed by atoms with E-state index in [1.165, 1.54) is 12.1 Å². The lowest BCUT2D eigenvalue weighted by molar-refractivity contribution is -0.137. The average molecular weight is 424 g/mol. The van der Waals surface area contributed by atoms with Crippen LogP contribution in [0.2, 0.25) is 0 Å². The summed E-state index contributed by atoms with van der Waals surface area (Å²) in [5.41, 5.74) is 6.01. The molecule has 0 bridgehead atoms. The molecule has 0 aliphatic carbocycles. The molecule has 0 radical (unpaired) electrons. The van der Waals surface area contributed by atoms with Crippen molar-refractivity contribution in [2.75, 3.05) is 32.8 Å². The number of nitrogens with zero attached hydrogens (tertiary/aromatic N) is 1. The van der Waals surface area contributed by atoms with Crippen LogP contribution < -0.4 is 11.1 Å². The van der Waals surface area contributed by atoms with Crippen LogP contribution >= 0.6 is 12.4 Å². The van der Waals surface area contributed by atoms with Gasteiger partial charge in [-0.2, -0.15) is 13.2 Å². The van der Waals surface area contributed by atoms with Crippen LogP contribution in [-0.2, 0) is 15.7 Å². The molecule has 160 valence electrons. The molecule has 3 N–H and O–H groups in total. The number of rotatable bonds is 7. The minimum atomic E-state index is -4.37. The zero-order chi connectivity index (χ0) is 20.0. The topological polar surface area (TPSA) is 67.6 Å². The van der Waals surface area contributed by atoms with Gasteiger partial charge in [0.25, 0.3) is 0 Å². The van der Waals surface area contributed by atoms with Crippen molar-refractivity contribution < 1.29 is 22.7 Å². The second kappa shape index (κ2) is 11.0. The zero-order valence-electron chi connectivity index (χ0n) is 16.2. The third kappa shape index (κ3) is 6.62. The molecule has 28 heavy (non-hydrogen) atoms. The maximum atomic E-state index is 12.8. The van der Waals surface area contributed by atoms with Gasteiger partial charge in [-0.1, -0.05) is 32.4 Å². The highest BCUT2D eigenvalue weighted by atomic mass is 35.5. The lowest BCUT2D eigenvalue weighted by Crippen LogP contribution is -2.48. The monoisotopic (exact) mass is 423 g/mol. The normalized spacial score (nSPS) is 18.6. The van der Waals surface area contributed by atoms with Crippen LogP contribution in [0.1, 0.15) is 37.4 Å². The third-order valence-electron chi connectivity index (χ3n) is 5.14. The van der Waals surface area contributed by atoms with Crippen molar-refractivity contribution in [3.05, 3.63) is 35.4 Å². The number of benzene rings is 1. The highest BCUT2D eigenvalue weighted by Gasteiger charge is 2.31. The SMILES string of the molecule is CCC(C)C(N)C(=O)NCC(c1ccc(C(F)(F)F)cc1)N1CCOCC1.Cl. The van der Waals surface area contributed by atoms with Crippen molar-refractivity contribution in [3.8, 4) is 0 Å². The summed E-state index contributed by atoms with van der Waals surface area (Å²) in [7, 11) is 0. The maximum absolute atomic E-state index is 12.8. The summed E-state index contributed by atoms with van der Waals surface area (Å²) in [5.74, 6) is -0.188. The van der Waals surface area contributed by atoms with Crippen molar-refractivity contribution in [3.63, 3.8) is 0 Å². The number of nitrogens with two attached hydrogens (primary N) is 1. The van der Waals surface area contributed by atoms with Gasteiger partial charge in [-0.25, -0.2) is 0 Å². The molecule has 1 aliphatic heterocycles. The Morgan fingerprint density at radius 2 is 1.82 bits per heavy atom. The Labute approximate surface area is 170 Å². The zero-order valence-corrected chi connectivity index (χ0v) is 17.0. The molecule has 1 aromatic rings. The molecular weight excluding hydrogens is 395 g/mol. The van der Waals surface area contributed by atoms with Gasteiger partial charge < -0.3 is 15.8 Å². The molecule has 3 atom stereocenters. The standard InChI is InChI=1S/C19H28F3N3O2.ClH/c1-3-13(2)17(23)18(26)24-12-16(25-8-10-27-11-9-25)14-4-6-15(7-5-14)19(20,21)22;/h4-7,13,16-17H,3,8-12,23H2,1-2H3,(H,24,26);1H. The van der Waals surface area contributed by atoms with Crippen LogP contribution in [0.15, 0.2) is 24.3 Å². The Morgan fingerprint density at radius 1 is 1.25 bits per heavy atom. The number of alkyl halides is 3. The maximum Gasteiger partial charge on any atom is 0.416 e. The number of nitrogens with one attached hydrogen (secondary N) is 1. The van der Waals surface area contributed by atoms with Crippen LogP contribution in [0.4, 0.5) is 13.2 Å². The van der Waals surface area contributed by atoms with Gasteiger partial charge in [0, 0.05) is 19.6 Å². The predicted octanol–water partition coefficient (Wildman–Crippen LogP) is 2.99. The summed E-state index contributed by atoms with van der Waals surface area (Å²) in [4.78, 5) is 14.4. The molecule has 1 amide bonds. The van der Waals surface area contributed by atoms with Crippen LogP contribution in [-0.4, -0.2) is 49.7 Å². The van der Waals surface area contributed by atoms with Crippen LogP contribution in [0.5, 0.6) is 0 Å². The second-order valence-electron chi connectivity index (χ2n) is 6.94. The van der Waals surface area contributed by atoms with E-state index in [9.17, 15) is 18.0 Å². The number of carbonyl (C=O) groups excluding carboxylic acids is 1. The van der Waals surface area contributed by atoms with Crippen LogP contribution in [0, 0.1) is 5.92 Å². The van der Waals surface area contributed by atoms with Crippen LogP contribution in [0.3, 0.4) is 0 Å². The first-order valence-electron chi connectivity index (χ1n) is 9.26. The minimum Gasteiger partial charge on any atom is -0.379 e. The highest BCUT2D eigenvalue weighted by molar-refractivity contribution is 5.85. The highest BCUT2D eigenvalue weighted by Crippen LogP contribution is 2.31. The quantitative estimate of drug-likeness (QED) is 0.707. The Hall–Kier alpha value is -1.35. The predicted molar refractivity (Wildman–Crippen MR) is 104 cm³/mol. The van der Waals surface area contributed by atoms with E-state index in [1.54, 1.807) is 0 Å². The molecule has 5 nitrogen and oxygen atoms in total. The first-order chi connectivity index (χ1) is 12.7. The van der Waals surface area contributed by atoms with Gasteiger partial charge in [-0.15, -0.1) is 12.4 Å². The molecule has 1 heterocycles. The molecule has 2 rings (SSSR count). The smallest absolute Gasteiger partial charge is 0.379 e. The molecule has 0 spiro atoms. The van der Waals surface area contributed by atoms with Gasteiger partial charge in [-0.3, -0.25) is 9.69 Å². The molecule has 3 unspecified atom stereocenters. The molecule has 1 fully saturated rings. The first kappa shape index (κ1) is 24.7. The van der Waals surface area contributed by atoms with E-state index in [1.807, 2.05) is 13.8 Å². The number of morpholine rings is 1. The molecular formula is C19H29ClF3N3O2. The van der Waals surface area contributed by atoms with Gasteiger partial charge in [0.2, 0.25) is 5.91 Å². The number of carbonyl (C=O) groups is 1. The summed E-state index contributed by atoms with van der Waals surface area (Å²) >= 11 is 0. The van der Waals surface area contributed by atoms with Gasteiger partial charge in [0.05, 0.1) is 30.9 Å². The summed E-state index contributed by atoms with van der Waals surface area (Å²) in [5, 5.41) is 2.87. The molecule has 1 aromatic carbocycles. The van der Waals surface area contributed by atoms with Crippen LogP contribution in [0.25, 0.3) is 0 Å². The molecule has 0 aromatic heterocycles. The van der Waals surface area contributed by atoms with Gasteiger partial charge in [0.1, 0.15) is 0 Å². The van der Waals surface area contributed by atoms with Crippen molar-refractivity contribution in [1.29, 1.82) is 0 Å². The van der Waals surface area contributed by atoms with Gasteiger partial charge in [-0.05, 0) is 23.6 Å². The number of halogens is 4. The van der Waals surface area contributed by atoms with Gasteiger partial charge >= 0.3 is 6.18 Å². The van der Waals surface area contributed by atoms with E-state index >= 15 is 0 Å². The number of amides is 1. The first-order valence-corrected chi connectivity index (χ1v) is 9.26. The van der Waals surface area contributed by atoms with E-state index in [-0.39, 0.29) is 36.8 Å². The average Bonchev–Trinajstić information content (AvgIpc) is 2.67. The fraction of sp³-hybridized carbons (Fsp3) is 0.632. The third-order valence-corrected chi connectivity index (χ3v) is 5.14. The van der Waals surface area contributed by atoms with E-state index in [4.69, 9.17) is 10.5 Å².